The fourth-order valence-corrected chi connectivity index (χ4v) is 3.34. The minimum atomic E-state index is 0. The van der Waals surface area contributed by atoms with Crippen LogP contribution in [0.1, 0.15) is 18.1 Å². The largest absolute Gasteiger partial charge is 0.383 e. The summed E-state index contributed by atoms with van der Waals surface area (Å²) in [5, 5.41) is 2.54. The van der Waals surface area contributed by atoms with E-state index in [1.165, 1.54) is 27.4 Å². The second-order valence-electron chi connectivity index (χ2n) is 5.93. The minimum absolute atomic E-state index is 0. The number of hydrogen-bond acceptors (Lipinski definition) is 4. The van der Waals surface area contributed by atoms with Crippen molar-refractivity contribution in [1.29, 1.82) is 0 Å². The van der Waals surface area contributed by atoms with Gasteiger partial charge in [0.15, 0.2) is 0 Å². The van der Waals surface area contributed by atoms with E-state index in [0.29, 0.717) is 12.2 Å². The molecule has 0 aliphatic heterocycles. The van der Waals surface area contributed by atoms with E-state index in [1.807, 2.05) is 0 Å². The lowest BCUT2D eigenvalue weighted by Crippen LogP contribution is -2.04. The SMILES string of the molecule is CCn1c2ccccc2c2cc(Cc3cnc(N)nc3N)ccc21.Cl. The number of anilines is 2. The number of nitrogens with two attached hydrogens (primary N) is 2. The van der Waals surface area contributed by atoms with Crippen LogP contribution in [-0.2, 0) is 13.0 Å². The van der Waals surface area contributed by atoms with Crippen molar-refractivity contribution >= 4 is 46.0 Å². The van der Waals surface area contributed by atoms with Gasteiger partial charge in [0.05, 0.1) is 0 Å². The van der Waals surface area contributed by atoms with Crippen molar-refractivity contribution in [2.75, 3.05) is 11.5 Å². The molecule has 0 spiro atoms. The third kappa shape index (κ3) is 2.87. The summed E-state index contributed by atoms with van der Waals surface area (Å²) in [5.74, 6) is 0.649. The first-order chi connectivity index (χ1) is 11.7. The molecule has 0 fully saturated rings. The number of nitrogen functional groups attached to an aromatic ring is 2. The number of fused-ring (bicyclic) bond motifs is 3. The van der Waals surface area contributed by atoms with Crippen molar-refractivity contribution in [1.82, 2.24) is 14.5 Å². The van der Waals surface area contributed by atoms with E-state index >= 15 is 0 Å². The predicted molar refractivity (Wildman–Crippen MR) is 106 cm³/mol. The standard InChI is InChI=1S/C19H19N5.ClH/c1-2-24-16-6-4-3-5-14(16)15-10-12(7-8-17(15)24)9-13-11-22-19(21)23-18(13)20;/h3-8,10-11H,2,9H2,1H3,(H4,20,21,22,23);1H. The number of aryl methyl sites for hydroxylation is 1. The molecule has 2 heterocycles. The molecule has 4 aromatic rings. The van der Waals surface area contributed by atoms with Crippen LogP contribution < -0.4 is 11.5 Å². The first-order valence-electron chi connectivity index (χ1n) is 8.04. The van der Waals surface area contributed by atoms with Gasteiger partial charge in [0.1, 0.15) is 5.82 Å². The zero-order valence-corrected chi connectivity index (χ0v) is 14.8. The van der Waals surface area contributed by atoms with Gasteiger partial charge in [0.25, 0.3) is 0 Å². The second kappa shape index (κ2) is 6.61. The number of benzene rings is 2. The number of aromatic nitrogens is 3. The molecule has 6 heteroatoms. The van der Waals surface area contributed by atoms with Gasteiger partial charge in [-0.1, -0.05) is 24.3 Å². The molecule has 0 unspecified atom stereocenters. The molecule has 2 aromatic carbocycles. The highest BCUT2D eigenvalue weighted by atomic mass is 35.5. The first kappa shape index (κ1) is 17.0. The fourth-order valence-electron chi connectivity index (χ4n) is 3.34. The average molecular weight is 354 g/mol. The van der Waals surface area contributed by atoms with Crippen LogP contribution in [0, 0.1) is 0 Å². The van der Waals surface area contributed by atoms with Crippen LogP contribution in [0.3, 0.4) is 0 Å². The van der Waals surface area contributed by atoms with Crippen molar-refractivity contribution < 1.29 is 0 Å². The maximum Gasteiger partial charge on any atom is 0.221 e. The maximum atomic E-state index is 5.96. The number of nitrogens with zero attached hydrogens (tertiary/aromatic N) is 3. The molecule has 0 aliphatic carbocycles. The topological polar surface area (TPSA) is 82.8 Å². The highest BCUT2D eigenvalue weighted by molar-refractivity contribution is 6.08. The van der Waals surface area contributed by atoms with E-state index in [1.54, 1.807) is 6.20 Å². The van der Waals surface area contributed by atoms with E-state index in [2.05, 4.69) is 63.9 Å². The van der Waals surface area contributed by atoms with Gasteiger partial charge in [-0.3, -0.25) is 0 Å². The van der Waals surface area contributed by atoms with Crippen LogP contribution in [0.15, 0.2) is 48.7 Å². The molecule has 0 bridgehead atoms. The van der Waals surface area contributed by atoms with Crippen LogP contribution in [-0.4, -0.2) is 14.5 Å². The molecule has 0 amide bonds. The quantitative estimate of drug-likeness (QED) is 0.587. The molecular formula is C19H20ClN5. The Morgan fingerprint density at radius 3 is 2.52 bits per heavy atom. The summed E-state index contributed by atoms with van der Waals surface area (Å²) >= 11 is 0. The Hall–Kier alpha value is -2.79. The van der Waals surface area contributed by atoms with Gasteiger partial charge >= 0.3 is 0 Å². The molecule has 0 radical (unpaired) electrons. The Balaban J connectivity index is 0.00000182. The van der Waals surface area contributed by atoms with Crippen molar-refractivity contribution in [2.45, 2.75) is 19.9 Å². The summed E-state index contributed by atoms with van der Waals surface area (Å²) in [4.78, 5) is 8.09. The summed E-state index contributed by atoms with van der Waals surface area (Å²) in [6.45, 7) is 3.12. The van der Waals surface area contributed by atoms with Crippen LogP contribution in [0.2, 0.25) is 0 Å². The van der Waals surface area contributed by atoms with Crippen LogP contribution in [0.5, 0.6) is 0 Å². The normalized spacial score (nSPS) is 10.9. The van der Waals surface area contributed by atoms with Crippen molar-refractivity contribution in [2.24, 2.45) is 0 Å². The molecule has 128 valence electrons. The third-order valence-electron chi connectivity index (χ3n) is 4.46. The van der Waals surface area contributed by atoms with E-state index in [0.717, 1.165) is 12.1 Å². The van der Waals surface area contributed by atoms with Gasteiger partial charge in [-0.25, -0.2) is 4.98 Å². The highest BCUT2D eigenvalue weighted by Crippen LogP contribution is 2.30. The molecule has 2 aromatic heterocycles. The van der Waals surface area contributed by atoms with E-state index < -0.39 is 0 Å². The zero-order valence-electron chi connectivity index (χ0n) is 13.9. The lowest BCUT2D eigenvalue weighted by atomic mass is 10.0. The Morgan fingerprint density at radius 1 is 1.00 bits per heavy atom. The Kier molecular flexibility index (Phi) is 4.51. The second-order valence-corrected chi connectivity index (χ2v) is 5.93. The van der Waals surface area contributed by atoms with Crippen LogP contribution in [0.25, 0.3) is 21.8 Å². The van der Waals surface area contributed by atoms with Crippen molar-refractivity contribution in [3.63, 3.8) is 0 Å². The number of para-hydroxylation sites is 1. The summed E-state index contributed by atoms with van der Waals surface area (Å²) in [6, 6.07) is 15.1. The van der Waals surface area contributed by atoms with Gasteiger partial charge in [0.2, 0.25) is 5.95 Å². The molecule has 25 heavy (non-hydrogen) atoms. The van der Waals surface area contributed by atoms with Crippen LogP contribution >= 0.6 is 12.4 Å². The Morgan fingerprint density at radius 2 is 1.76 bits per heavy atom. The Labute approximate surface area is 152 Å². The van der Waals surface area contributed by atoms with Crippen molar-refractivity contribution in [3.05, 3.63) is 59.8 Å². The number of rotatable bonds is 3. The Bertz CT molecular complexity index is 1050. The predicted octanol–water partition coefficient (Wildman–Crippen LogP) is 3.78. The molecule has 4 rings (SSSR count). The lowest BCUT2D eigenvalue weighted by Gasteiger charge is -2.06. The molecule has 4 N–H and O–H groups in total. The number of hydrogen-bond donors (Lipinski definition) is 2. The van der Waals surface area contributed by atoms with Gasteiger partial charge in [0, 0.05) is 46.5 Å². The summed E-state index contributed by atoms with van der Waals surface area (Å²) in [7, 11) is 0. The van der Waals surface area contributed by atoms with Gasteiger partial charge < -0.3 is 16.0 Å². The highest BCUT2D eigenvalue weighted by Gasteiger charge is 2.11. The fraction of sp³-hybridized carbons (Fsp3) is 0.158. The maximum absolute atomic E-state index is 5.96. The van der Waals surface area contributed by atoms with Crippen LogP contribution in [0.4, 0.5) is 11.8 Å². The number of halogens is 1. The van der Waals surface area contributed by atoms with Gasteiger partial charge in [-0.05, 0) is 30.7 Å². The lowest BCUT2D eigenvalue weighted by molar-refractivity contribution is 0.827. The molecule has 0 saturated carbocycles. The van der Waals surface area contributed by atoms with E-state index in [4.69, 9.17) is 11.5 Å². The molecule has 5 nitrogen and oxygen atoms in total. The average Bonchev–Trinajstić information content (AvgIpc) is 2.90. The minimum Gasteiger partial charge on any atom is -0.383 e. The summed E-state index contributed by atoms with van der Waals surface area (Å²) in [6.07, 6.45) is 2.39. The monoisotopic (exact) mass is 353 g/mol. The first-order valence-corrected chi connectivity index (χ1v) is 8.04. The molecule has 0 atom stereocenters. The smallest absolute Gasteiger partial charge is 0.221 e. The molecule has 0 aliphatic rings. The van der Waals surface area contributed by atoms with E-state index in [9.17, 15) is 0 Å². The zero-order chi connectivity index (χ0) is 16.7. The summed E-state index contributed by atoms with van der Waals surface area (Å²) < 4.78 is 2.34. The third-order valence-corrected chi connectivity index (χ3v) is 4.46. The van der Waals surface area contributed by atoms with Gasteiger partial charge in [-0.15, -0.1) is 12.4 Å². The molecular weight excluding hydrogens is 334 g/mol. The van der Waals surface area contributed by atoms with E-state index in [-0.39, 0.29) is 18.4 Å². The molecule has 0 saturated heterocycles. The summed E-state index contributed by atoms with van der Waals surface area (Å²) in [5.41, 5.74) is 16.1. The van der Waals surface area contributed by atoms with Gasteiger partial charge in [-0.2, -0.15) is 4.98 Å². The van der Waals surface area contributed by atoms with Crippen molar-refractivity contribution in [3.8, 4) is 0 Å².